The Hall–Kier alpha value is -0.423. The summed E-state index contributed by atoms with van der Waals surface area (Å²) < 4.78 is 5.51. The van der Waals surface area contributed by atoms with Gasteiger partial charge in [-0.1, -0.05) is 18.9 Å². The Kier molecular flexibility index (Phi) is 4.16. The molecule has 1 aromatic rings. The van der Waals surface area contributed by atoms with Crippen LogP contribution in [-0.2, 0) is 11.8 Å². The number of hydrogen-bond donors (Lipinski definition) is 0. The molecule has 3 atom stereocenters. The molecular formula is C18H25LiNO+. The van der Waals surface area contributed by atoms with Crippen LogP contribution in [0.1, 0.15) is 43.2 Å². The van der Waals surface area contributed by atoms with E-state index in [0.29, 0.717) is 5.41 Å². The molecule has 2 bridgehead atoms. The Morgan fingerprint density at radius 3 is 2.90 bits per heavy atom. The molecule has 1 aliphatic heterocycles. The molecule has 0 unspecified atom stereocenters. The number of benzene rings is 1. The van der Waals surface area contributed by atoms with E-state index in [1.54, 1.807) is 18.2 Å². The Morgan fingerprint density at radius 2 is 2.10 bits per heavy atom. The molecule has 3 heteroatoms. The average molecular weight is 278 g/mol. The fourth-order valence-corrected chi connectivity index (χ4v) is 5.30. The number of rotatable bonds is 1. The molecule has 2 aliphatic carbocycles. The van der Waals surface area contributed by atoms with E-state index in [1.165, 1.54) is 45.1 Å². The quantitative estimate of drug-likeness (QED) is 0.689. The molecule has 21 heavy (non-hydrogen) atoms. The predicted octanol–water partition coefficient (Wildman–Crippen LogP) is 0.387. The fraction of sp³-hybridized carbons (Fsp3) is 0.667. The summed E-state index contributed by atoms with van der Waals surface area (Å²) in [5.74, 6) is 1.91. The van der Waals surface area contributed by atoms with Crippen LogP contribution < -0.4 is 23.6 Å². The normalized spacial score (nSPS) is 34.4. The first-order valence-corrected chi connectivity index (χ1v) is 8.12. The zero-order valence-electron chi connectivity index (χ0n) is 13.7. The zero-order chi connectivity index (χ0) is 13.7. The Bertz CT molecular complexity index is 532. The zero-order valence-corrected chi connectivity index (χ0v) is 13.7. The molecule has 4 rings (SSSR count). The molecule has 2 fully saturated rings. The molecule has 3 aliphatic rings. The number of piperidine rings is 1. The van der Waals surface area contributed by atoms with E-state index >= 15 is 0 Å². The van der Waals surface area contributed by atoms with Crippen molar-refractivity contribution in [2.75, 3.05) is 20.7 Å². The SMILES string of the molecule is COc1ccc2c(c1)[C@@]13CCCC[C@@H]1[C@@H](C2)N(C)CC3.[Li+]. The van der Waals surface area contributed by atoms with Crippen molar-refractivity contribution in [1.29, 1.82) is 0 Å². The summed E-state index contributed by atoms with van der Waals surface area (Å²) in [4.78, 5) is 2.63. The number of methoxy groups -OCH3 is 1. The standard InChI is InChI=1S/C18H25NO.Li/c1-19-10-9-18-8-4-3-5-15(18)17(19)11-13-6-7-14(20-2)12-16(13)18;/h6-7,12,15,17H,3-5,8-11H2,1-2H3;/q;+1/t15-,17-,18-;/m1./s1. The van der Waals surface area contributed by atoms with Crippen LogP contribution in [0.2, 0.25) is 0 Å². The molecule has 1 saturated carbocycles. The van der Waals surface area contributed by atoms with Gasteiger partial charge >= 0.3 is 18.9 Å². The number of hydrogen-bond acceptors (Lipinski definition) is 2. The van der Waals surface area contributed by atoms with E-state index < -0.39 is 0 Å². The second-order valence-corrected chi connectivity index (χ2v) is 7.03. The van der Waals surface area contributed by atoms with Crippen LogP contribution in [0.25, 0.3) is 0 Å². The molecule has 0 spiro atoms. The first kappa shape index (κ1) is 15.5. The molecule has 1 heterocycles. The number of ether oxygens (including phenoxy) is 1. The molecule has 0 aromatic heterocycles. The van der Waals surface area contributed by atoms with Crippen LogP contribution in [0.15, 0.2) is 18.2 Å². The van der Waals surface area contributed by atoms with Gasteiger partial charge < -0.3 is 9.64 Å². The van der Waals surface area contributed by atoms with E-state index in [0.717, 1.165) is 17.7 Å². The van der Waals surface area contributed by atoms with Crippen LogP contribution >= 0.6 is 0 Å². The monoisotopic (exact) mass is 278 g/mol. The van der Waals surface area contributed by atoms with Crippen molar-refractivity contribution in [3.05, 3.63) is 29.3 Å². The predicted molar refractivity (Wildman–Crippen MR) is 81.4 cm³/mol. The van der Waals surface area contributed by atoms with Gasteiger partial charge in [-0.2, -0.15) is 0 Å². The van der Waals surface area contributed by atoms with Gasteiger partial charge in [-0.15, -0.1) is 0 Å². The summed E-state index contributed by atoms with van der Waals surface area (Å²) in [6, 6.07) is 7.60. The molecule has 1 saturated heterocycles. The van der Waals surface area contributed by atoms with Crippen molar-refractivity contribution in [2.24, 2.45) is 5.92 Å². The van der Waals surface area contributed by atoms with Crippen LogP contribution in [-0.4, -0.2) is 31.6 Å². The van der Waals surface area contributed by atoms with Crippen molar-refractivity contribution in [3.63, 3.8) is 0 Å². The maximum absolute atomic E-state index is 5.51. The number of likely N-dealkylation sites (N-methyl/N-ethyl adjacent to an activating group) is 1. The van der Waals surface area contributed by atoms with Gasteiger partial charge in [0.1, 0.15) is 5.75 Å². The minimum atomic E-state index is 0. The smallest absolute Gasteiger partial charge is 0.497 e. The number of likely N-dealkylation sites (tertiary alicyclic amines) is 1. The van der Waals surface area contributed by atoms with Gasteiger partial charge in [0.15, 0.2) is 0 Å². The third kappa shape index (κ3) is 2.19. The van der Waals surface area contributed by atoms with Gasteiger partial charge in [0, 0.05) is 11.5 Å². The molecule has 1 aromatic carbocycles. The van der Waals surface area contributed by atoms with Crippen molar-refractivity contribution in [1.82, 2.24) is 4.90 Å². The average Bonchev–Trinajstić information content (AvgIpc) is 2.50. The van der Waals surface area contributed by atoms with Gasteiger partial charge in [-0.3, -0.25) is 0 Å². The fourth-order valence-electron chi connectivity index (χ4n) is 5.30. The van der Waals surface area contributed by atoms with Gasteiger partial charge in [0.25, 0.3) is 0 Å². The van der Waals surface area contributed by atoms with Crippen LogP contribution in [0, 0.1) is 5.92 Å². The maximum Gasteiger partial charge on any atom is 1.00 e. The molecule has 0 N–H and O–H groups in total. The molecule has 0 radical (unpaired) electrons. The van der Waals surface area contributed by atoms with E-state index in [-0.39, 0.29) is 18.9 Å². The van der Waals surface area contributed by atoms with Crippen LogP contribution in [0.4, 0.5) is 0 Å². The van der Waals surface area contributed by atoms with Gasteiger partial charge in [0.2, 0.25) is 0 Å². The van der Waals surface area contributed by atoms with E-state index in [2.05, 4.69) is 30.1 Å². The largest absolute Gasteiger partial charge is 1.00 e. The Labute approximate surface area is 140 Å². The van der Waals surface area contributed by atoms with E-state index in [4.69, 9.17) is 4.74 Å². The first-order chi connectivity index (χ1) is 9.74. The molecular weight excluding hydrogens is 253 g/mol. The Morgan fingerprint density at radius 1 is 1.24 bits per heavy atom. The van der Waals surface area contributed by atoms with Crippen molar-refractivity contribution >= 4 is 0 Å². The number of nitrogens with zero attached hydrogens (tertiary/aromatic N) is 1. The summed E-state index contributed by atoms with van der Waals surface area (Å²) in [6.45, 7) is 1.26. The molecule has 2 nitrogen and oxygen atoms in total. The summed E-state index contributed by atoms with van der Waals surface area (Å²) in [7, 11) is 4.12. The van der Waals surface area contributed by atoms with Gasteiger partial charge in [-0.05, 0) is 68.5 Å². The first-order valence-electron chi connectivity index (χ1n) is 8.12. The molecule has 108 valence electrons. The van der Waals surface area contributed by atoms with E-state index in [1.807, 2.05) is 0 Å². The second kappa shape index (κ2) is 5.65. The van der Waals surface area contributed by atoms with Gasteiger partial charge in [-0.25, -0.2) is 0 Å². The van der Waals surface area contributed by atoms with Gasteiger partial charge in [0.05, 0.1) is 7.11 Å². The Balaban J connectivity index is 0.00000132. The third-order valence-corrected chi connectivity index (χ3v) is 6.32. The third-order valence-electron chi connectivity index (χ3n) is 6.32. The van der Waals surface area contributed by atoms with E-state index in [9.17, 15) is 0 Å². The van der Waals surface area contributed by atoms with Crippen molar-refractivity contribution < 1.29 is 23.6 Å². The maximum atomic E-state index is 5.51. The minimum absolute atomic E-state index is 0. The summed E-state index contributed by atoms with van der Waals surface area (Å²) >= 11 is 0. The topological polar surface area (TPSA) is 12.5 Å². The summed E-state index contributed by atoms with van der Waals surface area (Å²) in [5, 5.41) is 0. The van der Waals surface area contributed by atoms with Crippen molar-refractivity contribution in [2.45, 2.75) is 50.0 Å². The summed E-state index contributed by atoms with van der Waals surface area (Å²) in [5.41, 5.74) is 3.67. The van der Waals surface area contributed by atoms with Crippen LogP contribution in [0.5, 0.6) is 5.75 Å². The van der Waals surface area contributed by atoms with Crippen molar-refractivity contribution in [3.8, 4) is 5.75 Å². The molecule has 0 amide bonds. The number of fused-ring (bicyclic) bond motifs is 1. The summed E-state index contributed by atoms with van der Waals surface area (Å²) in [6.07, 6.45) is 8.22. The second-order valence-electron chi connectivity index (χ2n) is 7.03. The minimum Gasteiger partial charge on any atom is -0.497 e. The van der Waals surface area contributed by atoms with Crippen LogP contribution in [0.3, 0.4) is 0 Å².